The van der Waals surface area contributed by atoms with E-state index in [-0.39, 0.29) is 5.91 Å². The van der Waals surface area contributed by atoms with Crippen molar-refractivity contribution < 1.29 is 4.79 Å². The topological polar surface area (TPSA) is 46.9 Å². The van der Waals surface area contributed by atoms with E-state index in [4.69, 9.17) is 11.6 Å². The number of carbonyl (C=O) groups is 1. The maximum Gasteiger partial charge on any atom is 0.273 e. The molecule has 3 rings (SSSR count). The molecule has 0 aliphatic heterocycles. The number of nitrogens with one attached hydrogen (secondary N) is 1. The van der Waals surface area contributed by atoms with Crippen molar-refractivity contribution in [3.05, 3.63) is 71.0 Å². The van der Waals surface area contributed by atoms with Crippen molar-refractivity contribution in [2.24, 2.45) is 0 Å². The lowest BCUT2D eigenvalue weighted by molar-refractivity contribution is 0.101. The van der Waals surface area contributed by atoms with Crippen molar-refractivity contribution >= 4 is 34.2 Å². The van der Waals surface area contributed by atoms with Gasteiger partial charge in [0.2, 0.25) is 0 Å². The minimum Gasteiger partial charge on any atom is -0.332 e. The molecule has 1 aromatic carbocycles. The van der Waals surface area contributed by atoms with Crippen LogP contribution in [0.25, 0.3) is 10.9 Å². The first-order valence-corrected chi connectivity index (χ1v) is 8.96. The number of pyridine rings is 1. The Bertz CT molecular complexity index is 988. The molecule has 0 atom stereocenters. The highest BCUT2D eigenvalue weighted by Gasteiger charge is 2.20. The summed E-state index contributed by atoms with van der Waals surface area (Å²) in [5.74, 6) is 0.649. The van der Waals surface area contributed by atoms with Crippen molar-refractivity contribution in [3.8, 4) is 0 Å². The van der Waals surface area contributed by atoms with E-state index in [0.29, 0.717) is 29.0 Å². The highest BCUT2D eigenvalue weighted by Crippen LogP contribution is 2.29. The normalized spacial score (nSPS) is 11.1. The molecule has 0 unspecified atom stereocenters. The standard InChI is InChI=1S/C21H22ClN3O/c1-5-10-25-18-7-6-15(13(2)3)11-17(18)14(4)20(25)21(26)24-19-12-16(22)8-9-23-19/h5-9,11-13H,1,10H2,2-4H3,(H,23,24,26). The number of rotatable bonds is 5. The Hall–Kier alpha value is -2.59. The highest BCUT2D eigenvalue weighted by atomic mass is 35.5. The van der Waals surface area contributed by atoms with Gasteiger partial charge in [0.15, 0.2) is 0 Å². The van der Waals surface area contributed by atoms with Crippen LogP contribution in [0.3, 0.4) is 0 Å². The number of anilines is 1. The fourth-order valence-electron chi connectivity index (χ4n) is 3.16. The van der Waals surface area contributed by atoms with E-state index in [9.17, 15) is 4.79 Å². The lowest BCUT2D eigenvalue weighted by atomic mass is 10.0. The van der Waals surface area contributed by atoms with Gasteiger partial charge in [-0.2, -0.15) is 0 Å². The van der Waals surface area contributed by atoms with Crippen LogP contribution < -0.4 is 5.32 Å². The van der Waals surface area contributed by atoms with Gasteiger partial charge in [-0.25, -0.2) is 4.98 Å². The van der Waals surface area contributed by atoms with Crippen LogP contribution in [0.1, 0.15) is 41.4 Å². The first-order chi connectivity index (χ1) is 12.4. The van der Waals surface area contributed by atoms with Crippen LogP contribution in [0, 0.1) is 6.92 Å². The second-order valence-electron chi connectivity index (χ2n) is 6.62. The number of aromatic nitrogens is 2. The number of allylic oxidation sites excluding steroid dienone is 1. The number of carbonyl (C=O) groups excluding carboxylic acids is 1. The number of fused-ring (bicyclic) bond motifs is 1. The molecule has 2 aromatic heterocycles. The predicted molar refractivity (Wildman–Crippen MR) is 108 cm³/mol. The molecule has 1 amide bonds. The molecular weight excluding hydrogens is 346 g/mol. The quantitative estimate of drug-likeness (QED) is 0.600. The van der Waals surface area contributed by atoms with Crippen molar-refractivity contribution in [1.82, 2.24) is 9.55 Å². The molecule has 5 heteroatoms. The largest absolute Gasteiger partial charge is 0.332 e. The van der Waals surface area contributed by atoms with Gasteiger partial charge in [-0.1, -0.05) is 37.6 Å². The van der Waals surface area contributed by atoms with Crippen molar-refractivity contribution in [3.63, 3.8) is 0 Å². The SMILES string of the molecule is C=CCn1c(C(=O)Nc2cc(Cl)ccn2)c(C)c2cc(C(C)C)ccc21. The van der Waals surface area contributed by atoms with Gasteiger partial charge in [0.1, 0.15) is 11.5 Å². The summed E-state index contributed by atoms with van der Waals surface area (Å²) in [5, 5.41) is 4.46. The Balaban J connectivity index is 2.11. The van der Waals surface area contributed by atoms with E-state index in [2.05, 4.69) is 48.9 Å². The first kappa shape index (κ1) is 18.2. The number of amides is 1. The van der Waals surface area contributed by atoms with Crippen molar-refractivity contribution in [2.45, 2.75) is 33.2 Å². The molecule has 2 heterocycles. The molecule has 0 saturated carbocycles. The number of hydrogen-bond acceptors (Lipinski definition) is 2. The molecule has 0 aliphatic carbocycles. The number of nitrogens with zero attached hydrogens (tertiary/aromatic N) is 2. The number of aryl methyl sites for hydroxylation is 1. The summed E-state index contributed by atoms with van der Waals surface area (Å²) >= 11 is 5.99. The average Bonchev–Trinajstić information content (AvgIpc) is 2.87. The van der Waals surface area contributed by atoms with Crippen LogP contribution in [0.4, 0.5) is 5.82 Å². The average molecular weight is 368 g/mol. The number of halogens is 1. The molecule has 0 saturated heterocycles. The zero-order valence-corrected chi connectivity index (χ0v) is 16.0. The summed E-state index contributed by atoms with van der Waals surface area (Å²) in [7, 11) is 0. The molecule has 1 N–H and O–H groups in total. The van der Waals surface area contributed by atoms with E-state index in [1.807, 2.05) is 11.5 Å². The van der Waals surface area contributed by atoms with Crippen molar-refractivity contribution in [2.75, 3.05) is 5.32 Å². The van der Waals surface area contributed by atoms with Gasteiger partial charge >= 0.3 is 0 Å². The predicted octanol–water partition coefficient (Wildman–Crippen LogP) is 5.56. The van der Waals surface area contributed by atoms with Gasteiger partial charge in [0, 0.05) is 28.7 Å². The van der Waals surface area contributed by atoms with E-state index in [0.717, 1.165) is 16.5 Å². The maximum atomic E-state index is 13.0. The summed E-state index contributed by atoms with van der Waals surface area (Å²) in [4.78, 5) is 17.1. The van der Waals surface area contributed by atoms with Crippen LogP contribution in [0.2, 0.25) is 5.02 Å². The van der Waals surface area contributed by atoms with Crippen LogP contribution in [0.15, 0.2) is 49.2 Å². The molecule has 0 fully saturated rings. The molecule has 134 valence electrons. The third-order valence-corrected chi connectivity index (χ3v) is 4.73. The highest BCUT2D eigenvalue weighted by molar-refractivity contribution is 6.30. The molecule has 4 nitrogen and oxygen atoms in total. The monoisotopic (exact) mass is 367 g/mol. The zero-order chi connectivity index (χ0) is 18.8. The summed E-state index contributed by atoms with van der Waals surface area (Å²) in [5.41, 5.74) is 3.84. The van der Waals surface area contributed by atoms with Gasteiger partial charge in [-0.05, 0) is 48.2 Å². The van der Waals surface area contributed by atoms with Gasteiger partial charge in [-0.3, -0.25) is 4.79 Å². The summed E-state index contributed by atoms with van der Waals surface area (Å²) in [6.07, 6.45) is 3.36. The Morgan fingerprint density at radius 3 is 2.77 bits per heavy atom. The minimum atomic E-state index is -0.207. The lowest BCUT2D eigenvalue weighted by Gasteiger charge is -2.10. The Morgan fingerprint density at radius 2 is 2.12 bits per heavy atom. The molecule has 3 aromatic rings. The molecule has 0 aliphatic rings. The third kappa shape index (κ3) is 3.37. The van der Waals surface area contributed by atoms with Crippen LogP contribution >= 0.6 is 11.6 Å². The maximum absolute atomic E-state index is 13.0. The number of hydrogen-bond donors (Lipinski definition) is 1. The fourth-order valence-corrected chi connectivity index (χ4v) is 3.32. The van der Waals surface area contributed by atoms with Gasteiger partial charge in [0.25, 0.3) is 5.91 Å². The molecule has 26 heavy (non-hydrogen) atoms. The zero-order valence-electron chi connectivity index (χ0n) is 15.2. The van der Waals surface area contributed by atoms with E-state index in [1.165, 1.54) is 5.56 Å². The Labute approximate surface area is 158 Å². The summed E-state index contributed by atoms with van der Waals surface area (Å²) in [6.45, 7) is 10.7. The Morgan fingerprint density at radius 1 is 1.35 bits per heavy atom. The molecule has 0 radical (unpaired) electrons. The smallest absolute Gasteiger partial charge is 0.273 e. The lowest BCUT2D eigenvalue weighted by Crippen LogP contribution is -2.18. The third-order valence-electron chi connectivity index (χ3n) is 4.50. The van der Waals surface area contributed by atoms with Gasteiger partial charge in [0.05, 0.1) is 0 Å². The van der Waals surface area contributed by atoms with Crippen molar-refractivity contribution in [1.29, 1.82) is 0 Å². The summed E-state index contributed by atoms with van der Waals surface area (Å²) < 4.78 is 1.99. The van der Waals surface area contributed by atoms with Crippen LogP contribution in [0.5, 0.6) is 0 Å². The minimum absolute atomic E-state index is 0.207. The van der Waals surface area contributed by atoms with Crippen LogP contribution in [-0.2, 0) is 6.54 Å². The van der Waals surface area contributed by atoms with E-state index < -0.39 is 0 Å². The second kappa shape index (κ2) is 7.34. The fraction of sp³-hybridized carbons (Fsp3) is 0.238. The van der Waals surface area contributed by atoms with Gasteiger partial charge < -0.3 is 9.88 Å². The molecule has 0 spiro atoms. The van der Waals surface area contributed by atoms with E-state index >= 15 is 0 Å². The molecule has 0 bridgehead atoms. The second-order valence-corrected chi connectivity index (χ2v) is 7.05. The Kier molecular flexibility index (Phi) is 5.14. The number of benzene rings is 1. The first-order valence-electron chi connectivity index (χ1n) is 8.59. The van der Waals surface area contributed by atoms with Crippen LogP contribution in [-0.4, -0.2) is 15.5 Å². The molecular formula is C21H22ClN3O. The van der Waals surface area contributed by atoms with Gasteiger partial charge in [-0.15, -0.1) is 6.58 Å². The van der Waals surface area contributed by atoms with E-state index in [1.54, 1.807) is 24.4 Å². The summed E-state index contributed by atoms with van der Waals surface area (Å²) in [6, 6.07) is 9.67.